The fourth-order valence-corrected chi connectivity index (χ4v) is 4.23. The molecule has 0 aliphatic carbocycles. The maximum absolute atomic E-state index is 12.9. The smallest absolute Gasteiger partial charge is 0.323 e. The van der Waals surface area contributed by atoms with Gasteiger partial charge < -0.3 is 24.9 Å². The number of hydrogen-bond donors (Lipinski definition) is 4. The van der Waals surface area contributed by atoms with Crippen LogP contribution in [0.25, 0.3) is 11.0 Å². The van der Waals surface area contributed by atoms with Gasteiger partial charge in [-0.3, -0.25) is 0 Å². The number of aliphatic hydroxyl groups excluding tert-OH is 2. The fraction of sp³-hybridized carbons (Fsp3) is 0.278. The van der Waals surface area contributed by atoms with Crippen molar-refractivity contribution in [3.8, 4) is 5.75 Å². The van der Waals surface area contributed by atoms with Gasteiger partial charge in [0.15, 0.2) is 0 Å². The van der Waals surface area contributed by atoms with E-state index in [0.29, 0.717) is 16.8 Å². The third-order valence-electron chi connectivity index (χ3n) is 4.07. The highest BCUT2D eigenvalue weighted by Gasteiger charge is 2.27. The second kappa shape index (κ2) is 8.57. The molecule has 0 radical (unpaired) electrons. The molecule has 10 heteroatoms. The van der Waals surface area contributed by atoms with Crippen LogP contribution in [-0.4, -0.2) is 65.3 Å². The normalized spacial score (nSPS) is 13.1. The maximum atomic E-state index is 12.9. The summed E-state index contributed by atoms with van der Waals surface area (Å²) in [6.07, 6.45) is -1.10. The lowest BCUT2D eigenvalue weighted by Crippen LogP contribution is -2.41. The number of ether oxygens (including phenoxy) is 1. The summed E-state index contributed by atoms with van der Waals surface area (Å²) in [6, 6.07) is 13.0. The number of nitrogens with zero attached hydrogens (tertiary/aromatic N) is 1. The number of aliphatic hydroxyl groups is 2. The summed E-state index contributed by atoms with van der Waals surface area (Å²) in [5.74, 6) is 0.556. The van der Waals surface area contributed by atoms with Crippen LogP contribution >= 0.6 is 0 Å². The van der Waals surface area contributed by atoms with E-state index in [-0.39, 0.29) is 24.6 Å². The number of benzene rings is 2. The van der Waals surface area contributed by atoms with Crippen LogP contribution in [0.5, 0.6) is 5.75 Å². The van der Waals surface area contributed by atoms with E-state index in [1.807, 2.05) is 6.07 Å². The van der Waals surface area contributed by atoms with Crippen LogP contribution in [0.15, 0.2) is 58.2 Å². The molecule has 0 spiro atoms. The van der Waals surface area contributed by atoms with Gasteiger partial charge in [0, 0.05) is 13.1 Å². The minimum Gasteiger partial charge on any atom is -0.491 e. The van der Waals surface area contributed by atoms with Crippen LogP contribution < -0.4 is 10.4 Å². The van der Waals surface area contributed by atoms with E-state index in [4.69, 9.17) is 4.74 Å². The van der Waals surface area contributed by atoms with Gasteiger partial charge in [-0.05, 0) is 30.3 Å². The van der Waals surface area contributed by atoms with Gasteiger partial charge >= 0.3 is 5.69 Å². The summed E-state index contributed by atoms with van der Waals surface area (Å²) in [6.45, 7) is -0.954. The third kappa shape index (κ3) is 4.60. The molecule has 0 aliphatic heterocycles. The monoisotopic (exact) mass is 407 g/mol. The first-order valence-electron chi connectivity index (χ1n) is 8.59. The van der Waals surface area contributed by atoms with Crippen molar-refractivity contribution in [2.24, 2.45) is 0 Å². The molecule has 3 aromatic rings. The maximum Gasteiger partial charge on any atom is 0.323 e. The zero-order valence-electron chi connectivity index (χ0n) is 14.9. The molecule has 0 bridgehead atoms. The van der Waals surface area contributed by atoms with Crippen LogP contribution in [0.2, 0.25) is 0 Å². The number of nitrogens with one attached hydrogen (secondary N) is 2. The average Bonchev–Trinajstić information content (AvgIpc) is 3.06. The van der Waals surface area contributed by atoms with Crippen molar-refractivity contribution in [2.45, 2.75) is 11.0 Å². The second-order valence-electron chi connectivity index (χ2n) is 6.15. The van der Waals surface area contributed by atoms with Gasteiger partial charge in [-0.25, -0.2) is 13.2 Å². The number of sulfonamides is 1. The highest BCUT2D eigenvalue weighted by molar-refractivity contribution is 7.89. The molecule has 2 aromatic carbocycles. The summed E-state index contributed by atoms with van der Waals surface area (Å²) in [5, 5.41) is 19.5. The molecule has 1 unspecified atom stereocenters. The largest absolute Gasteiger partial charge is 0.491 e. The van der Waals surface area contributed by atoms with Gasteiger partial charge in [0.2, 0.25) is 10.0 Å². The number of aromatic nitrogens is 2. The average molecular weight is 407 g/mol. The molecule has 0 fully saturated rings. The Morgan fingerprint density at radius 3 is 2.50 bits per heavy atom. The molecular weight excluding hydrogens is 386 g/mol. The fourth-order valence-electron chi connectivity index (χ4n) is 2.74. The number of fused-ring (bicyclic) bond motifs is 1. The first-order valence-corrected chi connectivity index (χ1v) is 10.0. The van der Waals surface area contributed by atoms with Gasteiger partial charge in [0.05, 0.1) is 22.5 Å². The molecule has 9 nitrogen and oxygen atoms in total. The molecular formula is C18H21N3O6S. The van der Waals surface area contributed by atoms with Crippen molar-refractivity contribution in [3.63, 3.8) is 0 Å². The Morgan fingerprint density at radius 1 is 1.07 bits per heavy atom. The van der Waals surface area contributed by atoms with Crippen molar-refractivity contribution in [1.29, 1.82) is 0 Å². The Hall–Kier alpha value is -2.66. The highest BCUT2D eigenvalue weighted by atomic mass is 32.2. The number of H-pyrrole nitrogens is 2. The minimum absolute atomic E-state index is 0.0557. The second-order valence-corrected chi connectivity index (χ2v) is 8.09. The highest BCUT2D eigenvalue weighted by Crippen LogP contribution is 2.20. The molecule has 0 amide bonds. The summed E-state index contributed by atoms with van der Waals surface area (Å²) < 4.78 is 32.3. The topological polar surface area (TPSA) is 136 Å². The van der Waals surface area contributed by atoms with E-state index in [0.717, 1.165) is 4.31 Å². The zero-order chi connectivity index (χ0) is 20.1. The SMILES string of the molecule is O=c1[nH]c2ccc(S(=O)(=O)N(CCO)CC(O)COc3ccccc3)cc2[nH]1. The standard InChI is InChI=1S/C18H21N3O6S/c22-9-8-21(11-13(23)12-27-14-4-2-1-3-5-14)28(25,26)15-6-7-16-17(10-15)20-18(24)19-16/h1-7,10,13,22-23H,8-9,11-12H2,(H2,19,20,24). The summed E-state index contributed by atoms with van der Waals surface area (Å²) in [5.41, 5.74) is 0.391. The Balaban J connectivity index is 1.75. The molecule has 4 N–H and O–H groups in total. The van der Waals surface area contributed by atoms with Crippen LogP contribution in [-0.2, 0) is 10.0 Å². The van der Waals surface area contributed by atoms with Crippen LogP contribution in [0.4, 0.5) is 0 Å². The molecule has 0 aliphatic rings. The Bertz CT molecular complexity index is 1080. The quantitative estimate of drug-likeness (QED) is 0.402. The summed E-state index contributed by atoms with van der Waals surface area (Å²) in [4.78, 5) is 16.4. The van der Waals surface area contributed by atoms with Crippen LogP contribution in [0, 0.1) is 0 Å². The predicted octanol–water partition coefficient (Wildman–Crippen LogP) is 0.279. The number of aromatic amines is 2. The van der Waals surface area contributed by atoms with Crippen LogP contribution in [0.1, 0.15) is 0 Å². The lowest BCUT2D eigenvalue weighted by molar-refractivity contribution is 0.0857. The number of para-hydroxylation sites is 1. The molecule has 1 atom stereocenters. The van der Waals surface area contributed by atoms with Crippen LogP contribution in [0.3, 0.4) is 0 Å². The van der Waals surface area contributed by atoms with E-state index in [1.165, 1.54) is 18.2 Å². The van der Waals surface area contributed by atoms with E-state index in [9.17, 15) is 23.4 Å². The summed E-state index contributed by atoms with van der Waals surface area (Å²) in [7, 11) is -4.00. The number of hydrogen-bond acceptors (Lipinski definition) is 6. The number of rotatable bonds is 9. The Morgan fingerprint density at radius 2 is 1.79 bits per heavy atom. The number of imidazole rings is 1. The molecule has 3 rings (SSSR count). The lowest BCUT2D eigenvalue weighted by Gasteiger charge is -2.24. The van der Waals surface area contributed by atoms with E-state index >= 15 is 0 Å². The molecule has 1 heterocycles. The lowest BCUT2D eigenvalue weighted by atomic mass is 10.3. The first kappa shape index (κ1) is 20.1. The van der Waals surface area contributed by atoms with Crippen molar-refractivity contribution >= 4 is 21.1 Å². The predicted molar refractivity (Wildman–Crippen MR) is 103 cm³/mol. The van der Waals surface area contributed by atoms with E-state index < -0.39 is 28.4 Å². The summed E-state index contributed by atoms with van der Waals surface area (Å²) >= 11 is 0. The van der Waals surface area contributed by atoms with Crippen molar-refractivity contribution in [2.75, 3.05) is 26.3 Å². The third-order valence-corrected chi connectivity index (χ3v) is 5.94. The van der Waals surface area contributed by atoms with Gasteiger partial charge in [0.1, 0.15) is 18.5 Å². The van der Waals surface area contributed by atoms with Gasteiger partial charge in [-0.1, -0.05) is 18.2 Å². The van der Waals surface area contributed by atoms with Crippen molar-refractivity contribution < 1.29 is 23.4 Å². The van der Waals surface area contributed by atoms with Crippen molar-refractivity contribution in [3.05, 3.63) is 59.0 Å². The molecule has 150 valence electrons. The molecule has 28 heavy (non-hydrogen) atoms. The van der Waals surface area contributed by atoms with Gasteiger partial charge in [-0.2, -0.15) is 4.31 Å². The zero-order valence-corrected chi connectivity index (χ0v) is 15.7. The minimum atomic E-state index is -4.00. The molecule has 0 saturated carbocycles. The molecule has 0 saturated heterocycles. The Kier molecular flexibility index (Phi) is 6.15. The van der Waals surface area contributed by atoms with Gasteiger partial charge in [0.25, 0.3) is 0 Å². The molecule has 1 aromatic heterocycles. The van der Waals surface area contributed by atoms with Gasteiger partial charge in [-0.15, -0.1) is 0 Å². The van der Waals surface area contributed by atoms with Crippen molar-refractivity contribution in [1.82, 2.24) is 14.3 Å². The van der Waals surface area contributed by atoms with E-state index in [2.05, 4.69) is 9.97 Å². The Labute approximate surface area is 161 Å². The first-order chi connectivity index (χ1) is 13.4. The van der Waals surface area contributed by atoms with E-state index in [1.54, 1.807) is 24.3 Å².